The van der Waals surface area contributed by atoms with E-state index in [0.717, 1.165) is 16.7 Å². The minimum absolute atomic E-state index is 0.116. The molecule has 0 aromatic heterocycles. The fourth-order valence-electron chi connectivity index (χ4n) is 3.21. The van der Waals surface area contributed by atoms with Gasteiger partial charge in [0.05, 0.1) is 18.9 Å². The highest BCUT2D eigenvalue weighted by molar-refractivity contribution is 5.92. The largest absolute Gasteiger partial charge is 0.369 e. The van der Waals surface area contributed by atoms with E-state index in [1.165, 1.54) is 6.92 Å². The summed E-state index contributed by atoms with van der Waals surface area (Å²) < 4.78 is 0. The molecule has 3 rings (SSSR count). The van der Waals surface area contributed by atoms with Crippen LogP contribution in [0.1, 0.15) is 36.1 Å². The number of nitrogens with zero attached hydrogens (tertiary/aromatic N) is 1. The van der Waals surface area contributed by atoms with E-state index in [1.807, 2.05) is 30.3 Å². The monoisotopic (exact) mass is 363 g/mol. The molecule has 0 radical (unpaired) electrons. The molecule has 0 fully saturated rings. The van der Waals surface area contributed by atoms with Crippen LogP contribution in [0.15, 0.2) is 54.7 Å². The van der Waals surface area contributed by atoms with Crippen LogP contribution >= 0.6 is 0 Å². The van der Waals surface area contributed by atoms with Crippen LogP contribution in [0.3, 0.4) is 0 Å². The van der Waals surface area contributed by atoms with Crippen molar-refractivity contribution in [2.24, 2.45) is 5.73 Å². The lowest BCUT2D eigenvalue weighted by Crippen LogP contribution is -2.33. The van der Waals surface area contributed by atoms with E-state index in [1.54, 1.807) is 35.4 Å². The predicted molar refractivity (Wildman–Crippen MR) is 103 cm³/mol. The smallest absolute Gasteiger partial charge is 0.226 e. The molecular formula is C21H21N3O3. The molecule has 1 heterocycles. The molecule has 0 aliphatic carbocycles. The Morgan fingerprint density at radius 2 is 1.78 bits per heavy atom. The summed E-state index contributed by atoms with van der Waals surface area (Å²) in [7, 11) is 0. The lowest BCUT2D eigenvalue weighted by Gasteiger charge is -2.32. The van der Waals surface area contributed by atoms with Crippen LogP contribution in [-0.4, -0.2) is 22.6 Å². The Morgan fingerprint density at radius 1 is 1.07 bits per heavy atom. The van der Waals surface area contributed by atoms with Crippen molar-refractivity contribution in [2.45, 2.75) is 25.8 Å². The maximum Gasteiger partial charge on any atom is 0.226 e. The van der Waals surface area contributed by atoms with Gasteiger partial charge in [-0.15, -0.1) is 0 Å². The molecule has 0 unspecified atom stereocenters. The Morgan fingerprint density at radius 3 is 2.44 bits per heavy atom. The van der Waals surface area contributed by atoms with Crippen molar-refractivity contribution in [1.82, 2.24) is 4.90 Å². The first-order chi connectivity index (χ1) is 12.9. The minimum atomic E-state index is -0.403. The number of amides is 3. The third kappa shape index (κ3) is 4.41. The molecule has 1 aliphatic rings. The van der Waals surface area contributed by atoms with Crippen LogP contribution in [0.4, 0.5) is 5.69 Å². The number of carbonyl (C=O) groups excluding carboxylic acids is 3. The van der Waals surface area contributed by atoms with Gasteiger partial charge in [0.25, 0.3) is 0 Å². The van der Waals surface area contributed by atoms with Gasteiger partial charge in [-0.05, 0) is 34.9 Å². The minimum Gasteiger partial charge on any atom is -0.369 e. The normalized spacial score (nSPS) is 15.1. The van der Waals surface area contributed by atoms with Crippen molar-refractivity contribution in [3.63, 3.8) is 0 Å². The second-order valence-corrected chi connectivity index (χ2v) is 6.48. The summed E-state index contributed by atoms with van der Waals surface area (Å²) in [4.78, 5) is 37.1. The summed E-state index contributed by atoms with van der Waals surface area (Å²) in [5.74, 6) is -0.714. The van der Waals surface area contributed by atoms with Crippen LogP contribution < -0.4 is 11.1 Å². The highest BCUT2D eigenvalue weighted by Crippen LogP contribution is 2.33. The first kappa shape index (κ1) is 18.4. The van der Waals surface area contributed by atoms with Crippen molar-refractivity contribution in [3.8, 4) is 0 Å². The summed E-state index contributed by atoms with van der Waals surface area (Å²) in [5, 5.41) is 2.84. The van der Waals surface area contributed by atoms with Gasteiger partial charge in [0.1, 0.15) is 0 Å². The molecule has 1 atom stereocenters. The molecule has 1 aliphatic heterocycles. The number of hydrogen-bond acceptors (Lipinski definition) is 3. The fraction of sp³-hybridized carbons (Fsp3) is 0.190. The number of carbonyl (C=O) groups is 3. The van der Waals surface area contributed by atoms with E-state index in [4.69, 9.17) is 5.73 Å². The standard InChI is InChI=1S/C21H21N3O3/c1-14(25)24-11-10-16-4-2-3-5-18(16)19(24)13-21(27)23-17-8-6-15(7-9-17)12-20(22)26/h2-11,19H,12-13H2,1H3,(H2,22,26)(H,23,27)/t19-/m0/s1. The molecule has 2 aromatic carbocycles. The number of rotatable bonds is 5. The van der Waals surface area contributed by atoms with Crippen molar-refractivity contribution < 1.29 is 14.4 Å². The summed E-state index contributed by atoms with van der Waals surface area (Å²) in [6.45, 7) is 1.49. The van der Waals surface area contributed by atoms with E-state index < -0.39 is 5.91 Å². The summed E-state index contributed by atoms with van der Waals surface area (Å²) in [6, 6.07) is 14.3. The number of benzene rings is 2. The summed E-state index contributed by atoms with van der Waals surface area (Å²) in [5.41, 5.74) is 8.54. The second kappa shape index (κ2) is 7.86. The number of nitrogens with one attached hydrogen (secondary N) is 1. The van der Waals surface area contributed by atoms with E-state index >= 15 is 0 Å². The van der Waals surface area contributed by atoms with Crippen LogP contribution in [0.2, 0.25) is 0 Å². The van der Waals surface area contributed by atoms with Crippen molar-refractivity contribution in [3.05, 3.63) is 71.4 Å². The number of fused-ring (bicyclic) bond motifs is 1. The van der Waals surface area contributed by atoms with Crippen LogP contribution in [0.25, 0.3) is 6.08 Å². The molecule has 6 heteroatoms. The molecular weight excluding hydrogens is 342 g/mol. The quantitative estimate of drug-likeness (QED) is 0.855. The van der Waals surface area contributed by atoms with Gasteiger partial charge < -0.3 is 16.0 Å². The zero-order chi connectivity index (χ0) is 19.4. The Labute approximate surface area is 157 Å². The Kier molecular flexibility index (Phi) is 5.35. The molecule has 3 N–H and O–H groups in total. The molecule has 138 valence electrons. The highest BCUT2D eigenvalue weighted by Gasteiger charge is 2.28. The van der Waals surface area contributed by atoms with Gasteiger partial charge in [0.2, 0.25) is 17.7 Å². The van der Waals surface area contributed by atoms with Gasteiger partial charge in [-0.1, -0.05) is 36.4 Å². The SMILES string of the molecule is CC(=O)N1C=Cc2ccccc2[C@@H]1CC(=O)Nc1ccc(CC(N)=O)cc1. The molecule has 0 spiro atoms. The van der Waals surface area contributed by atoms with E-state index in [2.05, 4.69) is 5.32 Å². The Balaban J connectivity index is 1.73. The number of nitrogens with two attached hydrogens (primary N) is 1. The van der Waals surface area contributed by atoms with E-state index in [0.29, 0.717) is 5.69 Å². The number of hydrogen-bond donors (Lipinski definition) is 2. The maximum atomic E-state index is 12.6. The Hall–Kier alpha value is -3.41. The molecule has 3 amide bonds. The molecule has 2 aromatic rings. The van der Waals surface area contributed by atoms with Crippen molar-refractivity contribution in [2.75, 3.05) is 5.32 Å². The number of anilines is 1. The van der Waals surface area contributed by atoms with Crippen molar-refractivity contribution >= 4 is 29.5 Å². The summed E-state index contributed by atoms with van der Waals surface area (Å²) >= 11 is 0. The first-order valence-corrected chi connectivity index (χ1v) is 8.67. The molecule has 0 bridgehead atoms. The molecule has 27 heavy (non-hydrogen) atoms. The maximum absolute atomic E-state index is 12.6. The molecule has 6 nitrogen and oxygen atoms in total. The lowest BCUT2D eigenvalue weighted by atomic mass is 9.93. The van der Waals surface area contributed by atoms with Crippen LogP contribution in [0, 0.1) is 0 Å². The zero-order valence-corrected chi connectivity index (χ0v) is 15.0. The van der Waals surface area contributed by atoms with Gasteiger partial charge >= 0.3 is 0 Å². The third-order valence-corrected chi connectivity index (χ3v) is 4.46. The average Bonchev–Trinajstić information content (AvgIpc) is 2.63. The van der Waals surface area contributed by atoms with Crippen molar-refractivity contribution in [1.29, 1.82) is 0 Å². The van der Waals surface area contributed by atoms with Gasteiger partial charge in [-0.25, -0.2) is 0 Å². The first-order valence-electron chi connectivity index (χ1n) is 8.67. The molecule has 0 saturated heterocycles. The third-order valence-electron chi connectivity index (χ3n) is 4.46. The van der Waals surface area contributed by atoms with Gasteiger partial charge in [-0.2, -0.15) is 0 Å². The second-order valence-electron chi connectivity index (χ2n) is 6.48. The highest BCUT2D eigenvalue weighted by atomic mass is 16.2. The lowest BCUT2D eigenvalue weighted by molar-refractivity contribution is -0.129. The summed E-state index contributed by atoms with van der Waals surface area (Å²) in [6.07, 6.45) is 3.90. The van der Waals surface area contributed by atoms with Crippen LogP contribution in [-0.2, 0) is 20.8 Å². The van der Waals surface area contributed by atoms with E-state index in [-0.39, 0.29) is 30.7 Å². The fourth-order valence-corrected chi connectivity index (χ4v) is 3.21. The topological polar surface area (TPSA) is 92.5 Å². The van der Waals surface area contributed by atoms with Gasteiger partial charge in [0, 0.05) is 18.8 Å². The Bertz CT molecular complexity index is 903. The zero-order valence-electron chi connectivity index (χ0n) is 15.0. The average molecular weight is 363 g/mol. The van der Waals surface area contributed by atoms with Gasteiger partial charge in [-0.3, -0.25) is 14.4 Å². The van der Waals surface area contributed by atoms with Gasteiger partial charge in [0.15, 0.2) is 0 Å². The number of primary amides is 1. The molecule has 0 saturated carbocycles. The van der Waals surface area contributed by atoms with E-state index in [9.17, 15) is 14.4 Å². The predicted octanol–water partition coefficient (Wildman–Crippen LogP) is 2.62. The van der Waals surface area contributed by atoms with Crippen LogP contribution in [0.5, 0.6) is 0 Å².